The highest BCUT2D eigenvalue weighted by Gasteiger charge is 2.54. The van der Waals surface area contributed by atoms with Crippen molar-refractivity contribution in [2.24, 2.45) is 17.6 Å². The van der Waals surface area contributed by atoms with Crippen molar-refractivity contribution in [2.75, 3.05) is 65.5 Å². The third-order valence-corrected chi connectivity index (χ3v) is 15.8. The summed E-state index contributed by atoms with van der Waals surface area (Å²) in [4.78, 5) is 68.1. The number of hydrogen-bond donors (Lipinski definition) is 10. The molecule has 7 rings (SSSR count). The average molecular weight is 1180 g/mol. The van der Waals surface area contributed by atoms with Crippen LogP contribution in [-0.2, 0) is 67.2 Å². The van der Waals surface area contributed by atoms with Gasteiger partial charge in [-0.25, -0.2) is 4.79 Å². The molecule has 2 aliphatic carbocycles. The second kappa shape index (κ2) is 30.0. The number of benzene rings is 3. The number of rotatable bonds is 25. The Labute approximate surface area is 474 Å². The van der Waals surface area contributed by atoms with Gasteiger partial charge in [-0.2, -0.15) is 8.42 Å². The topological polar surface area (TPSA) is 380 Å². The number of amides is 4. The van der Waals surface area contributed by atoms with E-state index in [1.807, 2.05) is 0 Å². The Kier molecular flexibility index (Phi) is 23.5. The summed E-state index contributed by atoms with van der Waals surface area (Å²) in [7, 11) is -1.44. The van der Waals surface area contributed by atoms with Crippen molar-refractivity contribution in [2.45, 2.75) is 149 Å². The Hall–Kier alpha value is -5.34. The number of nitrogens with two attached hydrogens (primary N) is 1. The van der Waals surface area contributed by atoms with Crippen LogP contribution in [0.25, 0.3) is 10.8 Å². The van der Waals surface area contributed by atoms with Gasteiger partial charge >= 0.3 is 5.97 Å². The summed E-state index contributed by atoms with van der Waals surface area (Å²) in [5.41, 5.74) is 7.04. The summed E-state index contributed by atoms with van der Waals surface area (Å²) in [6, 6.07) is 15.9. The highest BCUT2D eigenvalue weighted by Crippen LogP contribution is 2.38. The lowest BCUT2D eigenvalue weighted by molar-refractivity contribution is -0.346. The quantitative estimate of drug-likeness (QED) is 0.0297. The number of anilines is 1. The number of esters is 1. The maximum atomic E-state index is 14.0. The molecular formula is C55H77N5O21S. The van der Waals surface area contributed by atoms with E-state index in [-0.39, 0.29) is 62.7 Å². The normalized spacial score (nSPS) is 29.3. The van der Waals surface area contributed by atoms with Crippen LogP contribution in [0.15, 0.2) is 71.6 Å². The van der Waals surface area contributed by atoms with Gasteiger partial charge in [0.25, 0.3) is 16.0 Å². The first-order valence-electron chi connectivity index (χ1n) is 27.5. The number of nitrogens with zero attached hydrogens (tertiary/aromatic N) is 1. The fourth-order valence-corrected chi connectivity index (χ4v) is 11.1. The number of hydrogen-bond acceptors (Lipinski definition) is 21. The molecule has 454 valence electrons. The van der Waals surface area contributed by atoms with E-state index < -0.39 is 156 Å². The van der Waals surface area contributed by atoms with Crippen molar-refractivity contribution in [1.29, 1.82) is 0 Å². The van der Waals surface area contributed by atoms with E-state index in [0.29, 0.717) is 10.8 Å². The second-order valence-corrected chi connectivity index (χ2v) is 22.7. The Morgan fingerprint density at radius 1 is 0.768 bits per heavy atom. The molecule has 3 aromatic carbocycles. The molecule has 82 heavy (non-hydrogen) atoms. The fraction of sp³-hybridized carbons (Fsp3) is 0.618. The third-order valence-electron chi connectivity index (χ3n) is 15.0. The molecule has 2 heterocycles. The van der Waals surface area contributed by atoms with Gasteiger partial charge in [0.1, 0.15) is 62.0 Å². The van der Waals surface area contributed by atoms with Crippen molar-refractivity contribution in [3.8, 4) is 0 Å². The van der Waals surface area contributed by atoms with Crippen molar-refractivity contribution in [3.05, 3.63) is 72.3 Å². The highest BCUT2D eigenvalue weighted by atomic mass is 32.2. The zero-order chi connectivity index (χ0) is 59.3. The van der Waals surface area contributed by atoms with Gasteiger partial charge in [0.15, 0.2) is 18.7 Å². The molecule has 4 amide bonds. The van der Waals surface area contributed by atoms with E-state index in [2.05, 4.69) is 16.0 Å². The molecule has 4 fully saturated rings. The molecule has 15 atom stereocenters. The molecule has 0 aromatic heterocycles. The summed E-state index contributed by atoms with van der Waals surface area (Å²) in [5.74, 6) is -3.80. The third kappa shape index (κ3) is 17.2. The predicted octanol–water partition coefficient (Wildman–Crippen LogP) is -0.258. The van der Waals surface area contributed by atoms with Crippen molar-refractivity contribution in [1.82, 2.24) is 15.5 Å². The minimum absolute atomic E-state index is 0.0412. The summed E-state index contributed by atoms with van der Waals surface area (Å²) in [5, 5.41) is 63.7. The van der Waals surface area contributed by atoms with Crippen LogP contribution in [0.4, 0.5) is 5.69 Å². The lowest BCUT2D eigenvalue weighted by Crippen LogP contribution is -2.65. The Morgan fingerprint density at radius 2 is 1.44 bits per heavy atom. The average Bonchev–Trinajstić information content (AvgIpc) is 3.65. The van der Waals surface area contributed by atoms with Gasteiger partial charge < -0.3 is 90.0 Å². The zero-order valence-corrected chi connectivity index (χ0v) is 46.8. The summed E-state index contributed by atoms with van der Waals surface area (Å²) in [6.07, 6.45) is -14.6. The predicted molar refractivity (Wildman–Crippen MR) is 289 cm³/mol. The molecule has 0 bridgehead atoms. The van der Waals surface area contributed by atoms with E-state index in [9.17, 15) is 62.5 Å². The molecule has 3 aromatic rings. The van der Waals surface area contributed by atoms with Gasteiger partial charge in [-0.05, 0) is 61.8 Å². The van der Waals surface area contributed by atoms with Crippen LogP contribution >= 0.6 is 0 Å². The standard InChI is InChI=1S/C55H77N5O21S/c1-30-44(64)46(66)47(67)54(76-30)81-48-37(56)24-34(51(68)58-19-18-57-42(62)28-74-20-21-75-29-43(63)59-38-26-35(82(71,72)73)23-33-16-10-11-17-36(33)38)25-39(48)78-55-50(80-53(70)32-14-8-5-9-15-32)49(45(65)41(27-61)79-55)77-40(52(69)60(2)3)22-31-12-6-4-7-13-31/h5,8-11,14-17,23,26,30-31,34,37,39-41,44-50,54-55,61,64-67H,4,6-7,12-13,18-22,24-25,27-29,56H2,1-3H3,(H,57,62)(H,58,68)(H,59,63)(H,71,72,73)/t30?,34?,37?,39?,40-,41?,44?,45?,46?,47?,48?,49?,50?,54?,55?/m0/s1. The van der Waals surface area contributed by atoms with Gasteiger partial charge in [0, 0.05) is 44.5 Å². The lowest BCUT2D eigenvalue weighted by Gasteiger charge is -2.48. The number of aliphatic hydroxyl groups is 5. The molecule has 0 spiro atoms. The van der Waals surface area contributed by atoms with E-state index in [4.69, 9.17) is 43.6 Å². The first-order valence-corrected chi connectivity index (χ1v) is 28.9. The van der Waals surface area contributed by atoms with E-state index in [0.717, 1.165) is 38.2 Å². The van der Waals surface area contributed by atoms with Crippen molar-refractivity contribution >= 4 is 56.2 Å². The number of carbonyl (C=O) groups excluding carboxylic acids is 5. The van der Waals surface area contributed by atoms with E-state index in [1.165, 1.54) is 30.0 Å². The fourth-order valence-electron chi connectivity index (χ4n) is 10.6. The summed E-state index contributed by atoms with van der Waals surface area (Å²) in [6.45, 7) is -0.457. The number of aliphatic hydroxyl groups excluding tert-OH is 5. The van der Waals surface area contributed by atoms with Crippen molar-refractivity contribution in [3.63, 3.8) is 0 Å². The van der Waals surface area contributed by atoms with Crippen LogP contribution in [0, 0.1) is 11.8 Å². The van der Waals surface area contributed by atoms with Crippen LogP contribution in [0.2, 0.25) is 0 Å². The molecule has 11 N–H and O–H groups in total. The summed E-state index contributed by atoms with van der Waals surface area (Å²) >= 11 is 0. The van der Waals surface area contributed by atoms with Crippen LogP contribution in [0.1, 0.15) is 68.6 Å². The first kappa shape index (κ1) is 64.2. The largest absolute Gasteiger partial charge is 0.450 e. The van der Waals surface area contributed by atoms with Gasteiger partial charge in [0.2, 0.25) is 17.7 Å². The molecule has 27 heteroatoms. The molecule has 2 saturated heterocycles. The maximum Gasteiger partial charge on any atom is 0.338 e. The van der Waals surface area contributed by atoms with Crippen LogP contribution in [0.5, 0.6) is 0 Å². The van der Waals surface area contributed by atoms with Gasteiger partial charge in [-0.1, -0.05) is 74.6 Å². The highest BCUT2D eigenvalue weighted by molar-refractivity contribution is 7.85. The number of nitrogens with one attached hydrogen (secondary N) is 3. The maximum absolute atomic E-state index is 14.0. The van der Waals surface area contributed by atoms with Crippen molar-refractivity contribution < 1.29 is 100 Å². The number of ether oxygens (including phenoxy) is 8. The van der Waals surface area contributed by atoms with Crippen LogP contribution in [0.3, 0.4) is 0 Å². The SMILES string of the molecule is CC1OC(OC2C(N)CC(C(=O)NCCNC(=O)COCCOCC(=O)Nc3cc(S(=O)(=O)O)cc4ccccc34)CC2OC2OC(CO)C(O)C(O[C@@H](CC3CCCCC3)C(=O)N(C)C)C2OC(=O)c2ccccc2)C(O)C(O)C1O. The minimum atomic E-state index is -4.56. The monoisotopic (exact) mass is 1180 g/mol. The number of carbonyl (C=O) groups is 5. The first-order chi connectivity index (χ1) is 39.1. The Bertz CT molecular complexity index is 2720. The zero-order valence-electron chi connectivity index (χ0n) is 45.9. The van der Waals surface area contributed by atoms with Crippen LogP contribution < -0.4 is 21.7 Å². The van der Waals surface area contributed by atoms with E-state index in [1.54, 1.807) is 56.6 Å². The van der Waals surface area contributed by atoms with E-state index >= 15 is 0 Å². The molecule has 26 nitrogen and oxygen atoms in total. The Balaban J connectivity index is 0.991. The Morgan fingerprint density at radius 3 is 2.12 bits per heavy atom. The molecule has 4 aliphatic rings. The number of fused-ring (bicyclic) bond motifs is 1. The molecule has 2 saturated carbocycles. The van der Waals surface area contributed by atoms with Crippen LogP contribution in [-0.4, -0.2) is 219 Å². The van der Waals surface area contributed by atoms with Gasteiger partial charge in [-0.3, -0.25) is 23.7 Å². The second-order valence-electron chi connectivity index (χ2n) is 21.3. The lowest BCUT2D eigenvalue weighted by atomic mass is 9.81. The smallest absolute Gasteiger partial charge is 0.338 e. The van der Waals surface area contributed by atoms with Gasteiger partial charge in [0.05, 0.1) is 48.2 Å². The minimum Gasteiger partial charge on any atom is -0.450 e. The molecule has 2 aliphatic heterocycles. The molecular weight excluding hydrogens is 1100 g/mol. The molecule has 14 unspecified atom stereocenters. The van der Waals surface area contributed by atoms with Gasteiger partial charge in [-0.15, -0.1) is 0 Å². The molecule has 0 radical (unpaired) electrons. The summed E-state index contributed by atoms with van der Waals surface area (Å²) < 4.78 is 81.5. The number of likely N-dealkylation sites (N-methyl/N-ethyl adjacent to an activating group) is 1.